The Morgan fingerprint density at radius 2 is 1.88 bits per heavy atom. The molecule has 0 aliphatic carbocycles. The zero-order valence-electron chi connectivity index (χ0n) is 18.3. The second-order valence-corrected chi connectivity index (χ2v) is 8.78. The van der Waals surface area contributed by atoms with E-state index in [1.165, 1.54) is 17.0 Å². The van der Waals surface area contributed by atoms with Crippen molar-refractivity contribution >= 4 is 10.9 Å². The van der Waals surface area contributed by atoms with Crippen molar-refractivity contribution in [2.45, 2.75) is 44.3 Å². The van der Waals surface area contributed by atoms with Gasteiger partial charge in [0, 0.05) is 47.4 Å². The molecular formula is C24H24F5N3O2. The molecule has 34 heavy (non-hydrogen) atoms. The number of fused-ring (bicyclic) bond motifs is 3. The smallest absolute Gasteiger partial charge is 0.401 e. The number of nitrogens with zero attached hydrogens (tertiary/aromatic N) is 1. The lowest BCUT2D eigenvalue weighted by molar-refractivity contribution is -0.155. The van der Waals surface area contributed by atoms with Crippen LogP contribution in [0.5, 0.6) is 11.5 Å². The molecule has 0 amide bonds. The number of hydrogen-bond acceptors (Lipinski definition) is 4. The predicted molar refractivity (Wildman–Crippen MR) is 116 cm³/mol. The van der Waals surface area contributed by atoms with Crippen molar-refractivity contribution in [3.63, 3.8) is 0 Å². The number of nitrogens with one attached hydrogen (secondary N) is 2. The van der Waals surface area contributed by atoms with Crippen LogP contribution in [0.3, 0.4) is 0 Å². The molecule has 5 rings (SSSR count). The highest BCUT2D eigenvalue weighted by Crippen LogP contribution is 2.45. The Labute approximate surface area is 192 Å². The number of para-hydroxylation sites is 1. The van der Waals surface area contributed by atoms with Crippen LogP contribution in [0.4, 0.5) is 22.0 Å². The zero-order chi connectivity index (χ0) is 24.0. The molecule has 2 atom stereocenters. The minimum absolute atomic E-state index is 0.0954. The molecule has 1 aromatic heterocycles. The molecule has 2 aliphatic heterocycles. The molecule has 0 radical (unpaired) electrons. The first-order valence-electron chi connectivity index (χ1n) is 11.1. The van der Waals surface area contributed by atoms with Gasteiger partial charge in [0.2, 0.25) is 0 Å². The van der Waals surface area contributed by atoms with Crippen LogP contribution in [0.25, 0.3) is 10.9 Å². The Bertz CT molecular complexity index is 1180. The number of hydrogen-bond donors (Lipinski definition) is 2. The monoisotopic (exact) mass is 481 g/mol. The molecule has 2 N–H and O–H groups in total. The highest BCUT2D eigenvalue weighted by atomic mass is 19.4. The van der Waals surface area contributed by atoms with E-state index in [1.807, 2.05) is 24.3 Å². The maximum absolute atomic E-state index is 13.6. The molecule has 3 heterocycles. The van der Waals surface area contributed by atoms with Crippen LogP contribution in [0.15, 0.2) is 42.5 Å². The van der Waals surface area contributed by atoms with Crippen LogP contribution in [0.1, 0.15) is 29.8 Å². The van der Waals surface area contributed by atoms with E-state index in [4.69, 9.17) is 9.47 Å². The van der Waals surface area contributed by atoms with Crippen LogP contribution in [-0.4, -0.2) is 54.5 Å². The molecule has 1 fully saturated rings. The van der Waals surface area contributed by atoms with Crippen LogP contribution in [0.2, 0.25) is 0 Å². The Balaban J connectivity index is 1.65. The summed E-state index contributed by atoms with van der Waals surface area (Å²) in [5, 5.41) is 3.97. The van der Waals surface area contributed by atoms with E-state index in [9.17, 15) is 22.0 Å². The lowest BCUT2D eigenvalue weighted by Gasteiger charge is -2.41. The molecule has 2 aromatic carbocycles. The molecule has 0 unspecified atom stereocenters. The summed E-state index contributed by atoms with van der Waals surface area (Å²) >= 11 is 0. The second kappa shape index (κ2) is 8.74. The lowest BCUT2D eigenvalue weighted by Crippen LogP contribution is -2.50. The van der Waals surface area contributed by atoms with Crippen molar-refractivity contribution in [1.29, 1.82) is 0 Å². The standard InChI is InChI=1S/C24H24F5N3O2/c1-13-8-18-16-4-2-3-5-19(16)31-21(18)22(32(13)12-24(27,28)29)17-7-6-14(33-15-10-30-11-15)9-20(17)34-23(25)26/h2-7,9,13,15,22-23,30-31H,8,10-12H2,1H3/t13-,22-/m1/s1. The van der Waals surface area contributed by atoms with Gasteiger partial charge < -0.3 is 19.8 Å². The maximum Gasteiger partial charge on any atom is 0.401 e. The SMILES string of the molecule is C[C@@H]1Cc2c([nH]c3ccccc23)[C@@H](c2ccc(OC3CNC3)cc2OC(F)F)N1CC(F)(F)F. The van der Waals surface area contributed by atoms with Gasteiger partial charge in [-0.05, 0) is 37.1 Å². The third-order valence-corrected chi connectivity index (χ3v) is 6.42. The third-order valence-electron chi connectivity index (χ3n) is 6.42. The van der Waals surface area contributed by atoms with E-state index in [-0.39, 0.29) is 17.4 Å². The zero-order valence-corrected chi connectivity index (χ0v) is 18.3. The normalized spacial score (nSPS) is 21.5. The van der Waals surface area contributed by atoms with Crippen molar-refractivity contribution in [3.05, 3.63) is 59.3 Å². The van der Waals surface area contributed by atoms with Gasteiger partial charge in [-0.2, -0.15) is 22.0 Å². The van der Waals surface area contributed by atoms with Gasteiger partial charge in [-0.3, -0.25) is 4.90 Å². The number of rotatable bonds is 6. The Hall–Kier alpha value is -2.85. The van der Waals surface area contributed by atoms with Gasteiger partial charge in [-0.1, -0.05) is 18.2 Å². The lowest BCUT2D eigenvalue weighted by atomic mass is 9.88. The van der Waals surface area contributed by atoms with Crippen LogP contribution in [-0.2, 0) is 6.42 Å². The van der Waals surface area contributed by atoms with Gasteiger partial charge >= 0.3 is 12.8 Å². The maximum atomic E-state index is 13.6. The van der Waals surface area contributed by atoms with Crippen molar-refractivity contribution in [3.8, 4) is 11.5 Å². The first kappa shape index (κ1) is 22.9. The van der Waals surface area contributed by atoms with Gasteiger partial charge in [0.25, 0.3) is 0 Å². The van der Waals surface area contributed by atoms with Crippen LogP contribution < -0.4 is 14.8 Å². The molecular weight excluding hydrogens is 457 g/mol. The van der Waals surface area contributed by atoms with Gasteiger partial charge in [0.15, 0.2) is 0 Å². The average molecular weight is 481 g/mol. The van der Waals surface area contributed by atoms with E-state index >= 15 is 0 Å². The average Bonchev–Trinajstić information content (AvgIpc) is 3.09. The molecule has 3 aromatic rings. The highest BCUT2D eigenvalue weighted by molar-refractivity contribution is 5.85. The topological polar surface area (TPSA) is 49.5 Å². The van der Waals surface area contributed by atoms with E-state index < -0.39 is 31.4 Å². The van der Waals surface area contributed by atoms with Gasteiger partial charge in [-0.25, -0.2) is 0 Å². The van der Waals surface area contributed by atoms with Crippen LogP contribution >= 0.6 is 0 Å². The molecule has 0 saturated carbocycles. The summed E-state index contributed by atoms with van der Waals surface area (Å²) in [6.45, 7) is -1.35. The first-order chi connectivity index (χ1) is 16.2. The van der Waals surface area contributed by atoms with E-state index in [2.05, 4.69) is 10.3 Å². The summed E-state index contributed by atoms with van der Waals surface area (Å²) < 4.78 is 78.2. The van der Waals surface area contributed by atoms with E-state index in [0.29, 0.717) is 31.0 Å². The molecule has 10 heteroatoms. The van der Waals surface area contributed by atoms with Crippen LogP contribution in [0, 0.1) is 0 Å². The number of H-pyrrole nitrogens is 1. The number of benzene rings is 2. The summed E-state index contributed by atoms with van der Waals surface area (Å²) in [6.07, 6.45) is -4.17. The van der Waals surface area contributed by atoms with Gasteiger partial charge in [-0.15, -0.1) is 0 Å². The second-order valence-electron chi connectivity index (χ2n) is 8.78. The molecule has 0 spiro atoms. The molecule has 182 valence electrons. The van der Waals surface area contributed by atoms with Crippen molar-refractivity contribution in [2.75, 3.05) is 19.6 Å². The molecule has 0 bridgehead atoms. The third kappa shape index (κ3) is 4.44. The number of ether oxygens (including phenoxy) is 2. The van der Waals surface area contributed by atoms with Crippen molar-refractivity contribution in [1.82, 2.24) is 15.2 Å². The largest absolute Gasteiger partial charge is 0.488 e. The minimum atomic E-state index is -4.47. The van der Waals surface area contributed by atoms with Gasteiger partial charge in [0.1, 0.15) is 17.6 Å². The Morgan fingerprint density at radius 3 is 2.56 bits per heavy atom. The number of aromatic amines is 1. The number of halogens is 5. The first-order valence-corrected chi connectivity index (χ1v) is 11.1. The molecule has 1 saturated heterocycles. The fourth-order valence-electron chi connectivity index (χ4n) is 4.85. The Kier molecular flexibility index (Phi) is 5.89. The Morgan fingerprint density at radius 1 is 1.12 bits per heavy atom. The summed E-state index contributed by atoms with van der Waals surface area (Å²) in [4.78, 5) is 4.55. The van der Waals surface area contributed by atoms with E-state index in [0.717, 1.165) is 16.5 Å². The summed E-state index contributed by atoms with van der Waals surface area (Å²) in [6, 6.07) is 10.5. The quantitative estimate of drug-likeness (QED) is 0.486. The molecule has 5 nitrogen and oxygen atoms in total. The summed E-state index contributed by atoms with van der Waals surface area (Å²) in [5.41, 5.74) is 2.45. The minimum Gasteiger partial charge on any atom is -0.488 e. The summed E-state index contributed by atoms with van der Waals surface area (Å²) in [5.74, 6) is 0.129. The fraction of sp³-hybridized carbons (Fsp3) is 0.417. The number of aromatic nitrogens is 1. The predicted octanol–water partition coefficient (Wildman–Crippen LogP) is 5.02. The van der Waals surface area contributed by atoms with Crippen molar-refractivity contribution in [2.24, 2.45) is 0 Å². The van der Waals surface area contributed by atoms with Crippen molar-refractivity contribution < 1.29 is 31.4 Å². The fourth-order valence-corrected chi connectivity index (χ4v) is 4.85. The van der Waals surface area contributed by atoms with E-state index in [1.54, 1.807) is 13.0 Å². The molecule has 2 aliphatic rings. The van der Waals surface area contributed by atoms with Gasteiger partial charge in [0.05, 0.1) is 12.6 Å². The highest BCUT2D eigenvalue weighted by Gasteiger charge is 2.43. The summed E-state index contributed by atoms with van der Waals surface area (Å²) in [7, 11) is 0. The number of alkyl halides is 5.